The number of hydrogen-bond donors (Lipinski definition) is 1. The number of aromatic nitrogens is 1. The van der Waals surface area contributed by atoms with Crippen LogP contribution in [0.15, 0.2) is 59.4 Å². The molecule has 1 heterocycles. The van der Waals surface area contributed by atoms with Crippen molar-refractivity contribution in [3.05, 3.63) is 70.7 Å². The number of anilines is 1. The van der Waals surface area contributed by atoms with E-state index in [9.17, 15) is 4.79 Å². The molecule has 0 atom stereocenters. The number of benzene rings is 2. The van der Waals surface area contributed by atoms with Crippen LogP contribution < -0.4 is 14.8 Å². The summed E-state index contributed by atoms with van der Waals surface area (Å²) in [6.45, 7) is 3.02. The second kappa shape index (κ2) is 9.01. The molecule has 0 spiro atoms. The molecule has 26 heavy (non-hydrogen) atoms. The normalized spacial score (nSPS) is 10.3. The number of carbonyl (C=O) groups excluding carboxylic acids is 1. The van der Waals surface area contributed by atoms with Crippen LogP contribution in [0.1, 0.15) is 29.4 Å². The summed E-state index contributed by atoms with van der Waals surface area (Å²) in [5, 5.41) is 4.84. The van der Waals surface area contributed by atoms with Gasteiger partial charge in [-0.3, -0.25) is 4.79 Å². The molecule has 1 N–H and O–H groups in total. The molecule has 3 aromatic rings. The quantitative estimate of drug-likeness (QED) is 0.622. The van der Waals surface area contributed by atoms with Gasteiger partial charge in [-0.2, -0.15) is 0 Å². The molecule has 0 bridgehead atoms. The van der Waals surface area contributed by atoms with Gasteiger partial charge in [-0.1, -0.05) is 25.1 Å². The van der Waals surface area contributed by atoms with Crippen LogP contribution >= 0.6 is 11.3 Å². The van der Waals surface area contributed by atoms with Crippen molar-refractivity contribution in [2.45, 2.75) is 20.0 Å². The number of nitrogens with zero attached hydrogens (tertiary/aromatic N) is 1. The summed E-state index contributed by atoms with van der Waals surface area (Å²) in [5.41, 5.74) is 3.78. The molecule has 0 radical (unpaired) electrons. The number of nitrogens with one attached hydrogen (secondary N) is 1. The van der Waals surface area contributed by atoms with Crippen molar-refractivity contribution >= 4 is 22.9 Å². The van der Waals surface area contributed by atoms with E-state index < -0.39 is 0 Å². The zero-order valence-electron chi connectivity index (χ0n) is 14.5. The molecule has 134 valence electrons. The van der Waals surface area contributed by atoms with E-state index in [2.05, 4.69) is 10.3 Å². The van der Waals surface area contributed by atoms with Gasteiger partial charge in [0.2, 0.25) is 0 Å². The van der Waals surface area contributed by atoms with E-state index in [0.29, 0.717) is 36.0 Å². The van der Waals surface area contributed by atoms with Crippen molar-refractivity contribution < 1.29 is 14.3 Å². The van der Waals surface area contributed by atoms with Crippen LogP contribution in [0, 0.1) is 0 Å². The Hall–Kier alpha value is -2.86. The number of amides is 1. The first kappa shape index (κ1) is 17.9. The van der Waals surface area contributed by atoms with Gasteiger partial charge in [0.05, 0.1) is 23.5 Å². The lowest BCUT2D eigenvalue weighted by atomic mass is 10.2. The SMILES string of the molecule is CCCOc1cccc(C(=O)Nc2ccccc2OCc2cscn2)c1. The van der Waals surface area contributed by atoms with Gasteiger partial charge in [0.15, 0.2) is 0 Å². The smallest absolute Gasteiger partial charge is 0.255 e. The molecule has 0 unspecified atom stereocenters. The lowest BCUT2D eigenvalue weighted by Gasteiger charge is -2.12. The number of hydrogen-bond acceptors (Lipinski definition) is 5. The van der Waals surface area contributed by atoms with E-state index in [1.54, 1.807) is 17.6 Å². The molecule has 2 aromatic carbocycles. The standard InChI is InChI=1S/C20H20N2O3S/c1-2-10-24-17-7-5-6-15(11-17)20(23)22-18-8-3-4-9-19(18)25-12-16-13-26-14-21-16/h3-9,11,13-14H,2,10,12H2,1H3,(H,22,23). The van der Waals surface area contributed by atoms with Crippen molar-refractivity contribution in [2.24, 2.45) is 0 Å². The molecule has 0 aliphatic rings. The maximum Gasteiger partial charge on any atom is 0.255 e. The number of ether oxygens (including phenoxy) is 2. The van der Waals surface area contributed by atoms with Crippen LogP contribution in [-0.2, 0) is 6.61 Å². The van der Waals surface area contributed by atoms with Gasteiger partial charge in [0.25, 0.3) is 5.91 Å². The number of para-hydroxylation sites is 2. The van der Waals surface area contributed by atoms with Crippen LogP contribution in [0.5, 0.6) is 11.5 Å². The highest BCUT2D eigenvalue weighted by atomic mass is 32.1. The molecular weight excluding hydrogens is 348 g/mol. The van der Waals surface area contributed by atoms with E-state index >= 15 is 0 Å². The van der Waals surface area contributed by atoms with Crippen molar-refractivity contribution in [2.75, 3.05) is 11.9 Å². The van der Waals surface area contributed by atoms with E-state index in [1.165, 1.54) is 11.3 Å². The van der Waals surface area contributed by atoms with Crippen molar-refractivity contribution in [1.29, 1.82) is 0 Å². The summed E-state index contributed by atoms with van der Waals surface area (Å²) < 4.78 is 11.4. The van der Waals surface area contributed by atoms with E-state index in [-0.39, 0.29) is 5.91 Å². The summed E-state index contributed by atoms with van der Waals surface area (Å²) in [4.78, 5) is 16.8. The van der Waals surface area contributed by atoms with Crippen molar-refractivity contribution in [3.8, 4) is 11.5 Å². The second-order valence-corrected chi connectivity index (χ2v) is 6.31. The fourth-order valence-corrected chi connectivity index (χ4v) is 2.84. The van der Waals surface area contributed by atoms with Crippen molar-refractivity contribution in [3.63, 3.8) is 0 Å². The fourth-order valence-electron chi connectivity index (χ4n) is 2.30. The highest BCUT2D eigenvalue weighted by molar-refractivity contribution is 7.07. The maximum atomic E-state index is 12.6. The third-order valence-corrected chi connectivity index (χ3v) is 4.20. The molecule has 0 aliphatic heterocycles. The average Bonchev–Trinajstić information content (AvgIpc) is 3.19. The van der Waals surface area contributed by atoms with Crippen LogP contribution in [-0.4, -0.2) is 17.5 Å². The van der Waals surface area contributed by atoms with Gasteiger partial charge in [-0.25, -0.2) is 4.98 Å². The summed E-state index contributed by atoms with van der Waals surface area (Å²) in [7, 11) is 0. The van der Waals surface area contributed by atoms with E-state index in [4.69, 9.17) is 9.47 Å². The maximum absolute atomic E-state index is 12.6. The minimum Gasteiger partial charge on any atom is -0.494 e. The lowest BCUT2D eigenvalue weighted by molar-refractivity contribution is 0.102. The van der Waals surface area contributed by atoms with Gasteiger partial charge in [0, 0.05) is 10.9 Å². The molecule has 1 amide bonds. The van der Waals surface area contributed by atoms with Gasteiger partial charge in [0.1, 0.15) is 18.1 Å². The molecule has 5 nitrogen and oxygen atoms in total. The molecular formula is C20H20N2O3S. The summed E-state index contributed by atoms with van der Waals surface area (Å²) in [6.07, 6.45) is 0.917. The highest BCUT2D eigenvalue weighted by Gasteiger charge is 2.11. The largest absolute Gasteiger partial charge is 0.494 e. The molecule has 1 aromatic heterocycles. The first-order valence-corrected chi connectivity index (χ1v) is 9.33. The molecule has 0 fully saturated rings. The molecule has 6 heteroatoms. The predicted octanol–water partition coefficient (Wildman–Crippen LogP) is 4.76. The Morgan fingerprint density at radius 2 is 2.04 bits per heavy atom. The molecule has 3 rings (SSSR count). The third kappa shape index (κ3) is 4.83. The summed E-state index contributed by atoms with van der Waals surface area (Å²) >= 11 is 1.52. The van der Waals surface area contributed by atoms with E-state index in [0.717, 1.165) is 12.1 Å². The Labute approximate surface area is 156 Å². The summed E-state index contributed by atoms with van der Waals surface area (Å²) in [5.74, 6) is 1.08. The minimum absolute atomic E-state index is 0.211. The third-order valence-electron chi connectivity index (χ3n) is 3.56. The lowest BCUT2D eigenvalue weighted by Crippen LogP contribution is -2.13. The first-order valence-electron chi connectivity index (χ1n) is 8.39. The van der Waals surface area contributed by atoms with Crippen LogP contribution in [0.25, 0.3) is 0 Å². The van der Waals surface area contributed by atoms with Gasteiger partial charge >= 0.3 is 0 Å². The predicted molar refractivity (Wildman–Crippen MR) is 103 cm³/mol. The second-order valence-electron chi connectivity index (χ2n) is 5.60. The average molecular weight is 368 g/mol. The zero-order chi connectivity index (χ0) is 18.2. The monoisotopic (exact) mass is 368 g/mol. The topological polar surface area (TPSA) is 60.5 Å². The first-order chi connectivity index (χ1) is 12.8. The minimum atomic E-state index is -0.211. The Balaban J connectivity index is 1.69. The molecule has 0 saturated heterocycles. The van der Waals surface area contributed by atoms with Gasteiger partial charge in [-0.15, -0.1) is 11.3 Å². The fraction of sp³-hybridized carbons (Fsp3) is 0.200. The van der Waals surface area contributed by atoms with Crippen molar-refractivity contribution in [1.82, 2.24) is 4.98 Å². The Bertz CT molecular complexity index is 850. The number of carbonyl (C=O) groups is 1. The summed E-state index contributed by atoms with van der Waals surface area (Å²) in [6, 6.07) is 14.5. The van der Waals surface area contributed by atoms with Gasteiger partial charge < -0.3 is 14.8 Å². The van der Waals surface area contributed by atoms with Crippen LogP contribution in [0.4, 0.5) is 5.69 Å². The Morgan fingerprint density at radius 1 is 1.15 bits per heavy atom. The Kier molecular flexibility index (Phi) is 6.22. The van der Waals surface area contributed by atoms with Crippen LogP contribution in [0.3, 0.4) is 0 Å². The Morgan fingerprint density at radius 3 is 2.85 bits per heavy atom. The number of rotatable bonds is 8. The van der Waals surface area contributed by atoms with Crippen LogP contribution in [0.2, 0.25) is 0 Å². The zero-order valence-corrected chi connectivity index (χ0v) is 15.3. The molecule has 0 saturated carbocycles. The van der Waals surface area contributed by atoms with Gasteiger partial charge in [-0.05, 0) is 36.8 Å². The number of thiazole rings is 1. The van der Waals surface area contributed by atoms with E-state index in [1.807, 2.05) is 48.7 Å². The molecule has 0 aliphatic carbocycles. The highest BCUT2D eigenvalue weighted by Crippen LogP contribution is 2.26.